The number of rotatable bonds is 3. The smallest absolute Gasteiger partial charge is 0.212 e. The topological polar surface area (TPSA) is 66.2 Å². The van der Waals surface area contributed by atoms with E-state index in [1.54, 1.807) is 26.3 Å². The van der Waals surface area contributed by atoms with Crippen molar-refractivity contribution in [2.45, 2.75) is 13.8 Å². The maximum Gasteiger partial charge on any atom is 0.212 e. The normalized spacial score (nSPS) is 9.40. The minimum atomic E-state index is 0.250. The summed E-state index contributed by atoms with van der Waals surface area (Å²) in [6.45, 7) is 3.96. The number of methoxy groups -OCH3 is 1. The minimum Gasteiger partial charge on any atom is -0.481 e. The van der Waals surface area contributed by atoms with Crippen LogP contribution < -0.4 is 4.74 Å². The number of nitrogens with zero attached hydrogens (tertiary/aromatic N) is 1. The maximum absolute atomic E-state index is 8.09. The van der Waals surface area contributed by atoms with E-state index in [4.69, 9.17) is 15.3 Å². The third-order valence-corrected chi connectivity index (χ3v) is 2.57. The lowest BCUT2D eigenvalue weighted by atomic mass is 10.0. The summed E-state index contributed by atoms with van der Waals surface area (Å²) >= 11 is 0. The Bertz CT molecular complexity index is 533. The number of hydrogen-bond donors (Lipinski definition) is 2. The molecule has 20 heavy (non-hydrogen) atoms. The van der Waals surface area contributed by atoms with Crippen molar-refractivity contribution in [3.8, 4) is 5.88 Å². The van der Waals surface area contributed by atoms with Crippen molar-refractivity contribution in [2.75, 3.05) is 13.7 Å². The molecule has 0 bridgehead atoms. The van der Waals surface area contributed by atoms with Gasteiger partial charge in [0.05, 0.1) is 12.8 Å². The highest BCUT2D eigenvalue weighted by Crippen LogP contribution is 2.12. The van der Waals surface area contributed by atoms with Crippen LogP contribution in [0, 0.1) is 12.3 Å². The quantitative estimate of drug-likeness (QED) is 0.844. The summed E-state index contributed by atoms with van der Waals surface area (Å²) in [6, 6.07) is 11.5. The summed E-state index contributed by atoms with van der Waals surface area (Å²) in [5.74, 6) is 0.561. The van der Waals surface area contributed by atoms with Crippen molar-refractivity contribution in [2.24, 2.45) is 0 Å². The number of aliphatic hydroxyl groups excluding tert-OH is 1. The van der Waals surface area contributed by atoms with Crippen LogP contribution in [0.1, 0.15) is 23.6 Å². The highest BCUT2D eigenvalue weighted by molar-refractivity contribution is 6.10. The fraction of sp³-hybridized carbons (Fsp3) is 0.250. The fourth-order valence-corrected chi connectivity index (χ4v) is 1.54. The lowest BCUT2D eigenvalue weighted by molar-refractivity contribution is 0.318. The van der Waals surface area contributed by atoms with Crippen LogP contribution in [0.5, 0.6) is 5.88 Å². The van der Waals surface area contributed by atoms with E-state index in [0.29, 0.717) is 11.6 Å². The molecule has 1 heterocycles. The fourth-order valence-electron chi connectivity index (χ4n) is 1.54. The van der Waals surface area contributed by atoms with Gasteiger partial charge in [-0.25, -0.2) is 4.98 Å². The van der Waals surface area contributed by atoms with Crippen LogP contribution in [-0.4, -0.2) is 29.5 Å². The van der Waals surface area contributed by atoms with Gasteiger partial charge in [-0.3, -0.25) is 5.41 Å². The van der Waals surface area contributed by atoms with E-state index in [9.17, 15) is 0 Å². The first kappa shape index (κ1) is 15.9. The van der Waals surface area contributed by atoms with Gasteiger partial charge in [-0.2, -0.15) is 0 Å². The number of pyridine rings is 1. The van der Waals surface area contributed by atoms with Crippen molar-refractivity contribution >= 4 is 5.71 Å². The number of aliphatic hydroxyl groups is 1. The molecule has 4 heteroatoms. The van der Waals surface area contributed by atoms with Gasteiger partial charge in [0, 0.05) is 30.0 Å². The highest BCUT2D eigenvalue weighted by Gasteiger charge is 2.05. The number of aromatic nitrogens is 1. The predicted molar refractivity (Wildman–Crippen MR) is 80.7 cm³/mol. The lowest BCUT2D eigenvalue weighted by Crippen LogP contribution is -2.02. The summed E-state index contributed by atoms with van der Waals surface area (Å²) in [4.78, 5) is 4.10. The molecule has 2 N–H and O–H groups in total. The largest absolute Gasteiger partial charge is 0.481 e. The summed E-state index contributed by atoms with van der Waals surface area (Å²) in [7, 11) is 1.58. The van der Waals surface area contributed by atoms with Crippen LogP contribution in [-0.2, 0) is 0 Å². The first-order valence-corrected chi connectivity index (χ1v) is 6.39. The molecular weight excluding hydrogens is 252 g/mol. The van der Waals surface area contributed by atoms with E-state index in [1.165, 1.54) is 5.56 Å². The van der Waals surface area contributed by atoms with Crippen LogP contribution in [0.15, 0.2) is 42.6 Å². The number of aryl methyl sites for hydroxylation is 1. The van der Waals surface area contributed by atoms with Gasteiger partial charge in [0.25, 0.3) is 0 Å². The summed E-state index contributed by atoms with van der Waals surface area (Å²) in [6.07, 6.45) is 1.65. The third-order valence-electron chi connectivity index (χ3n) is 2.57. The van der Waals surface area contributed by atoms with E-state index in [-0.39, 0.29) is 6.61 Å². The van der Waals surface area contributed by atoms with Gasteiger partial charge >= 0.3 is 0 Å². The highest BCUT2D eigenvalue weighted by atomic mass is 16.5. The SMILES string of the molecule is CCO.COc1ccc(C(=N)c2ccc(C)cc2)cn1. The molecule has 1 aromatic heterocycles. The molecule has 106 valence electrons. The Morgan fingerprint density at radius 1 is 1.15 bits per heavy atom. The lowest BCUT2D eigenvalue weighted by Gasteiger charge is -2.05. The van der Waals surface area contributed by atoms with Crippen molar-refractivity contribution in [3.63, 3.8) is 0 Å². The molecule has 0 aliphatic heterocycles. The molecule has 0 saturated heterocycles. The molecule has 2 rings (SSSR count). The van der Waals surface area contributed by atoms with Crippen LogP contribution in [0.3, 0.4) is 0 Å². The Kier molecular flexibility index (Phi) is 6.40. The first-order valence-electron chi connectivity index (χ1n) is 6.39. The Balaban J connectivity index is 0.000000612. The van der Waals surface area contributed by atoms with Gasteiger partial charge in [0.1, 0.15) is 0 Å². The van der Waals surface area contributed by atoms with E-state index in [1.807, 2.05) is 37.3 Å². The second-order valence-corrected chi connectivity index (χ2v) is 4.15. The Labute approximate surface area is 119 Å². The molecule has 4 nitrogen and oxygen atoms in total. The summed E-state index contributed by atoms with van der Waals surface area (Å²) in [5, 5.41) is 15.7. The second-order valence-electron chi connectivity index (χ2n) is 4.15. The van der Waals surface area contributed by atoms with Gasteiger partial charge in [0.15, 0.2) is 0 Å². The molecule has 0 unspecified atom stereocenters. The Morgan fingerprint density at radius 3 is 2.15 bits per heavy atom. The van der Waals surface area contributed by atoms with E-state index in [0.717, 1.165) is 11.1 Å². The molecule has 0 fully saturated rings. The summed E-state index contributed by atoms with van der Waals surface area (Å²) < 4.78 is 4.99. The van der Waals surface area contributed by atoms with Crippen LogP contribution in [0.2, 0.25) is 0 Å². The Morgan fingerprint density at radius 2 is 1.70 bits per heavy atom. The molecule has 0 atom stereocenters. The minimum absolute atomic E-state index is 0.250. The first-order chi connectivity index (χ1) is 9.62. The van der Waals surface area contributed by atoms with Crippen molar-refractivity contribution < 1.29 is 9.84 Å². The predicted octanol–water partition coefficient (Wildman–Crippen LogP) is 2.81. The summed E-state index contributed by atoms with van der Waals surface area (Å²) in [5.41, 5.74) is 3.34. The second kappa shape index (κ2) is 8.07. The number of ether oxygens (including phenoxy) is 1. The third kappa shape index (κ3) is 4.48. The van der Waals surface area contributed by atoms with Gasteiger partial charge in [-0.05, 0) is 19.9 Å². The monoisotopic (exact) mass is 272 g/mol. The van der Waals surface area contributed by atoms with Gasteiger partial charge in [-0.15, -0.1) is 0 Å². The molecule has 1 aromatic carbocycles. The van der Waals surface area contributed by atoms with Crippen molar-refractivity contribution in [3.05, 3.63) is 59.3 Å². The van der Waals surface area contributed by atoms with E-state index < -0.39 is 0 Å². The van der Waals surface area contributed by atoms with Crippen LogP contribution in [0.25, 0.3) is 0 Å². The molecule has 0 amide bonds. The average Bonchev–Trinajstić information content (AvgIpc) is 2.48. The number of nitrogens with one attached hydrogen (secondary N) is 1. The zero-order valence-corrected chi connectivity index (χ0v) is 12.1. The van der Waals surface area contributed by atoms with Crippen molar-refractivity contribution in [1.29, 1.82) is 5.41 Å². The number of hydrogen-bond acceptors (Lipinski definition) is 4. The molecular formula is C16H20N2O2. The molecule has 0 aliphatic carbocycles. The zero-order valence-electron chi connectivity index (χ0n) is 12.1. The van der Waals surface area contributed by atoms with Crippen molar-refractivity contribution in [1.82, 2.24) is 4.98 Å². The van der Waals surface area contributed by atoms with E-state index >= 15 is 0 Å². The molecule has 0 radical (unpaired) electrons. The van der Waals surface area contributed by atoms with E-state index in [2.05, 4.69) is 4.98 Å². The average molecular weight is 272 g/mol. The maximum atomic E-state index is 8.09. The van der Waals surface area contributed by atoms with Gasteiger partial charge < -0.3 is 9.84 Å². The Hall–Kier alpha value is -2.20. The molecule has 0 aliphatic rings. The molecule has 0 spiro atoms. The van der Waals surface area contributed by atoms with Crippen LogP contribution >= 0.6 is 0 Å². The number of benzene rings is 1. The standard InChI is InChI=1S/C14H14N2O.C2H6O/c1-10-3-5-11(6-4-10)14(15)12-7-8-13(17-2)16-9-12;1-2-3/h3-9,15H,1-2H3;3H,2H2,1H3. The van der Waals surface area contributed by atoms with Gasteiger partial charge in [0.2, 0.25) is 5.88 Å². The zero-order chi connectivity index (χ0) is 15.0. The molecule has 2 aromatic rings. The van der Waals surface area contributed by atoms with Crippen LogP contribution in [0.4, 0.5) is 0 Å². The van der Waals surface area contributed by atoms with Gasteiger partial charge in [-0.1, -0.05) is 29.8 Å². The molecule has 0 saturated carbocycles.